The standard InChI is InChI=1S/C26H37N5O3S/c1-4-22-19(3)16-23(28-22)35-31-15-14-30(24(32)18-31)17-20-6-8-21(9-7-20)25(27)29-12-10-26(33,11-13-29)34-5-2/h6-9,16,27-28,33H,4-5,10-15,17-18H2,1-3H3. The number of aromatic nitrogens is 1. The highest BCUT2D eigenvalue weighted by molar-refractivity contribution is 7.97. The van der Waals surface area contributed by atoms with E-state index in [1.54, 1.807) is 11.9 Å². The summed E-state index contributed by atoms with van der Waals surface area (Å²) in [5.74, 6) is -0.471. The number of carbonyl (C=O) groups is 1. The fraction of sp³-hybridized carbons (Fsp3) is 0.538. The Kier molecular flexibility index (Phi) is 8.21. The summed E-state index contributed by atoms with van der Waals surface area (Å²) >= 11 is 1.63. The first-order chi connectivity index (χ1) is 16.8. The van der Waals surface area contributed by atoms with Crippen LogP contribution >= 0.6 is 11.9 Å². The second-order valence-corrected chi connectivity index (χ2v) is 10.5. The Labute approximate surface area is 212 Å². The number of carbonyl (C=O) groups excluding carboxylic acids is 1. The summed E-state index contributed by atoms with van der Waals surface area (Å²) in [6.07, 6.45) is 1.97. The summed E-state index contributed by atoms with van der Waals surface area (Å²) in [7, 11) is 0. The third-order valence-electron chi connectivity index (χ3n) is 6.84. The molecule has 2 aliphatic heterocycles. The van der Waals surface area contributed by atoms with Crippen molar-refractivity contribution in [2.75, 3.05) is 39.3 Å². The number of H-pyrrole nitrogens is 1. The molecule has 0 unspecified atom stereocenters. The van der Waals surface area contributed by atoms with Crippen LogP contribution < -0.4 is 0 Å². The highest BCUT2D eigenvalue weighted by Crippen LogP contribution is 2.27. The number of aromatic amines is 1. The molecule has 35 heavy (non-hydrogen) atoms. The summed E-state index contributed by atoms with van der Waals surface area (Å²) in [6.45, 7) is 10.3. The van der Waals surface area contributed by atoms with Crippen LogP contribution in [-0.2, 0) is 22.5 Å². The van der Waals surface area contributed by atoms with E-state index < -0.39 is 5.79 Å². The molecule has 3 heterocycles. The summed E-state index contributed by atoms with van der Waals surface area (Å²) in [5, 5.41) is 20.1. The summed E-state index contributed by atoms with van der Waals surface area (Å²) in [4.78, 5) is 20.1. The molecule has 0 saturated carbocycles. The van der Waals surface area contributed by atoms with Gasteiger partial charge in [-0.05, 0) is 49.4 Å². The average Bonchev–Trinajstić information content (AvgIpc) is 3.20. The highest BCUT2D eigenvalue weighted by Gasteiger charge is 2.33. The van der Waals surface area contributed by atoms with Crippen molar-refractivity contribution < 1.29 is 14.6 Å². The lowest BCUT2D eigenvalue weighted by atomic mass is 10.0. The fourth-order valence-corrected chi connectivity index (χ4v) is 5.74. The number of amidine groups is 1. The number of nitrogens with zero attached hydrogens (tertiary/aromatic N) is 3. The maximum Gasteiger partial charge on any atom is 0.238 e. The minimum absolute atomic E-state index is 0.134. The molecule has 2 aliphatic rings. The predicted octanol–water partition coefficient (Wildman–Crippen LogP) is 3.38. The number of benzene rings is 1. The normalized spacial score (nSPS) is 18.8. The lowest BCUT2D eigenvalue weighted by Gasteiger charge is -2.38. The first-order valence-corrected chi connectivity index (χ1v) is 13.3. The van der Waals surface area contributed by atoms with Gasteiger partial charge in [0.15, 0.2) is 5.79 Å². The molecule has 1 aromatic carbocycles. The van der Waals surface area contributed by atoms with Gasteiger partial charge in [0, 0.05) is 63.4 Å². The van der Waals surface area contributed by atoms with E-state index in [4.69, 9.17) is 10.1 Å². The number of likely N-dealkylation sites (tertiary alicyclic amines) is 1. The van der Waals surface area contributed by atoms with Gasteiger partial charge in [0.1, 0.15) is 5.84 Å². The third-order valence-corrected chi connectivity index (χ3v) is 7.82. The number of aryl methyl sites for hydroxylation is 2. The van der Waals surface area contributed by atoms with Crippen molar-refractivity contribution in [1.82, 2.24) is 19.1 Å². The Morgan fingerprint density at radius 1 is 1.17 bits per heavy atom. The average molecular weight is 500 g/mol. The van der Waals surface area contributed by atoms with E-state index in [1.807, 2.05) is 41.0 Å². The van der Waals surface area contributed by atoms with Crippen LogP contribution in [0.4, 0.5) is 0 Å². The molecule has 0 aliphatic carbocycles. The number of rotatable bonds is 8. The van der Waals surface area contributed by atoms with Crippen molar-refractivity contribution >= 4 is 23.7 Å². The maximum absolute atomic E-state index is 12.8. The van der Waals surface area contributed by atoms with Crippen molar-refractivity contribution in [3.63, 3.8) is 0 Å². The van der Waals surface area contributed by atoms with Gasteiger partial charge < -0.3 is 24.6 Å². The second kappa shape index (κ2) is 11.2. The monoisotopic (exact) mass is 499 g/mol. The van der Waals surface area contributed by atoms with Gasteiger partial charge in [-0.3, -0.25) is 10.2 Å². The molecular weight excluding hydrogens is 462 g/mol. The zero-order chi connectivity index (χ0) is 25.0. The summed E-state index contributed by atoms with van der Waals surface area (Å²) in [5.41, 5.74) is 4.42. The molecule has 3 N–H and O–H groups in total. The van der Waals surface area contributed by atoms with E-state index in [9.17, 15) is 9.90 Å². The number of hydrogen-bond donors (Lipinski definition) is 3. The zero-order valence-electron chi connectivity index (χ0n) is 21.0. The van der Waals surface area contributed by atoms with Crippen LogP contribution in [0.3, 0.4) is 0 Å². The smallest absolute Gasteiger partial charge is 0.238 e. The lowest BCUT2D eigenvalue weighted by molar-refractivity contribution is -0.220. The Morgan fingerprint density at radius 3 is 2.49 bits per heavy atom. The third kappa shape index (κ3) is 6.27. The van der Waals surface area contributed by atoms with Gasteiger partial charge in [0.25, 0.3) is 0 Å². The second-order valence-electron chi connectivity index (χ2n) is 9.33. The molecule has 8 nitrogen and oxygen atoms in total. The Balaban J connectivity index is 1.27. The molecule has 0 bridgehead atoms. The topological polar surface area (TPSA) is 95.9 Å². The van der Waals surface area contributed by atoms with Gasteiger partial charge in [-0.2, -0.15) is 0 Å². The molecule has 0 radical (unpaired) electrons. The summed E-state index contributed by atoms with van der Waals surface area (Å²) < 4.78 is 7.59. The molecule has 2 aromatic rings. The molecule has 0 spiro atoms. The number of ether oxygens (including phenoxy) is 1. The summed E-state index contributed by atoms with van der Waals surface area (Å²) in [6, 6.07) is 10.1. The first kappa shape index (κ1) is 25.8. The van der Waals surface area contributed by atoms with Gasteiger partial charge in [0.2, 0.25) is 5.91 Å². The van der Waals surface area contributed by atoms with Crippen LogP contribution in [0.5, 0.6) is 0 Å². The number of nitrogens with one attached hydrogen (secondary N) is 2. The number of hydrogen-bond acceptors (Lipinski definition) is 6. The van der Waals surface area contributed by atoms with Crippen LogP contribution in [0.2, 0.25) is 0 Å². The van der Waals surface area contributed by atoms with Gasteiger partial charge in [0.05, 0.1) is 11.6 Å². The van der Waals surface area contributed by atoms with E-state index in [0.29, 0.717) is 58.0 Å². The largest absolute Gasteiger partial charge is 0.365 e. The molecule has 0 atom stereocenters. The van der Waals surface area contributed by atoms with Gasteiger partial charge in [-0.15, -0.1) is 0 Å². The molecule has 9 heteroatoms. The van der Waals surface area contributed by atoms with Crippen molar-refractivity contribution in [2.45, 2.75) is 57.4 Å². The van der Waals surface area contributed by atoms with Gasteiger partial charge in [-0.1, -0.05) is 31.2 Å². The Bertz CT molecular complexity index is 1030. The Morgan fingerprint density at radius 2 is 1.89 bits per heavy atom. The molecule has 190 valence electrons. The van der Waals surface area contributed by atoms with Crippen LogP contribution in [0, 0.1) is 12.3 Å². The van der Waals surface area contributed by atoms with Crippen molar-refractivity contribution in [2.24, 2.45) is 0 Å². The van der Waals surface area contributed by atoms with Gasteiger partial charge in [-0.25, -0.2) is 4.31 Å². The minimum atomic E-state index is -1.07. The van der Waals surface area contributed by atoms with E-state index in [2.05, 4.69) is 29.2 Å². The highest BCUT2D eigenvalue weighted by atomic mass is 32.2. The van der Waals surface area contributed by atoms with Crippen LogP contribution in [-0.4, -0.2) is 81.1 Å². The zero-order valence-corrected chi connectivity index (χ0v) is 21.8. The number of amides is 1. The molecule has 1 aromatic heterocycles. The van der Waals surface area contributed by atoms with E-state index in [0.717, 1.165) is 29.1 Å². The number of piperazine rings is 1. The SMILES string of the molecule is CCOC1(O)CCN(C(=N)c2ccc(CN3CCN(Sc4cc(C)c(CC)[nH]4)CC3=O)cc2)CC1. The predicted molar refractivity (Wildman–Crippen MR) is 138 cm³/mol. The van der Waals surface area contributed by atoms with Crippen LogP contribution in [0.1, 0.15) is 49.1 Å². The minimum Gasteiger partial charge on any atom is -0.365 e. The van der Waals surface area contributed by atoms with Crippen LogP contribution in [0.15, 0.2) is 35.4 Å². The van der Waals surface area contributed by atoms with Crippen molar-refractivity contribution in [1.29, 1.82) is 5.41 Å². The molecule has 2 saturated heterocycles. The van der Waals surface area contributed by atoms with E-state index in [1.165, 1.54) is 11.3 Å². The first-order valence-electron chi connectivity index (χ1n) is 12.5. The van der Waals surface area contributed by atoms with Crippen LogP contribution in [0.25, 0.3) is 0 Å². The van der Waals surface area contributed by atoms with E-state index >= 15 is 0 Å². The number of aliphatic hydroxyl groups is 1. The molecular formula is C26H37N5O3S. The lowest BCUT2D eigenvalue weighted by Crippen LogP contribution is -2.48. The fourth-order valence-electron chi connectivity index (χ4n) is 4.72. The molecule has 1 amide bonds. The molecule has 2 fully saturated rings. The van der Waals surface area contributed by atoms with E-state index in [-0.39, 0.29) is 5.91 Å². The Hall–Kier alpha value is -2.33. The van der Waals surface area contributed by atoms with Gasteiger partial charge >= 0.3 is 0 Å². The molecule has 4 rings (SSSR count). The maximum atomic E-state index is 12.8. The van der Waals surface area contributed by atoms with Crippen molar-refractivity contribution in [3.05, 3.63) is 52.7 Å². The van der Waals surface area contributed by atoms with Crippen molar-refractivity contribution in [3.8, 4) is 0 Å². The quantitative estimate of drug-likeness (QED) is 0.223. The number of piperidine rings is 1.